The molecule has 0 aliphatic rings. The van der Waals surface area contributed by atoms with E-state index in [1.807, 2.05) is 13.0 Å². The van der Waals surface area contributed by atoms with Gasteiger partial charge in [0, 0.05) is 27.3 Å². The Hall–Kier alpha value is -1.75. The zero-order valence-corrected chi connectivity index (χ0v) is 15.8. The molecule has 25 heavy (non-hydrogen) atoms. The molecule has 0 fully saturated rings. The number of hydrogen-bond donors (Lipinski definition) is 2. The summed E-state index contributed by atoms with van der Waals surface area (Å²) in [6.07, 6.45) is 0.288. The number of carbonyl (C=O) groups excluding carboxylic acids is 2. The van der Waals surface area contributed by atoms with Crippen LogP contribution in [0.4, 0.5) is 5.69 Å². The van der Waals surface area contributed by atoms with E-state index in [2.05, 4.69) is 10.6 Å². The zero-order valence-electron chi connectivity index (χ0n) is 13.5. The number of hydrogen-bond acceptors (Lipinski definition) is 2. The van der Waals surface area contributed by atoms with E-state index in [4.69, 9.17) is 34.8 Å². The van der Waals surface area contributed by atoms with Gasteiger partial charge in [-0.1, -0.05) is 46.9 Å². The Morgan fingerprint density at radius 2 is 1.72 bits per heavy atom. The van der Waals surface area contributed by atoms with Crippen molar-refractivity contribution in [2.24, 2.45) is 0 Å². The van der Waals surface area contributed by atoms with E-state index >= 15 is 0 Å². The normalized spacial score (nSPS) is 10.4. The van der Waals surface area contributed by atoms with Crippen LogP contribution in [0, 0.1) is 6.92 Å². The van der Waals surface area contributed by atoms with Crippen molar-refractivity contribution in [2.75, 3.05) is 11.9 Å². The van der Waals surface area contributed by atoms with Crippen LogP contribution in [-0.4, -0.2) is 18.4 Å². The van der Waals surface area contributed by atoms with Crippen LogP contribution in [0.2, 0.25) is 15.1 Å². The van der Waals surface area contributed by atoms with Crippen molar-refractivity contribution in [3.05, 3.63) is 62.6 Å². The summed E-state index contributed by atoms with van der Waals surface area (Å²) < 4.78 is 0. The zero-order chi connectivity index (χ0) is 18.4. The fraction of sp³-hybridized carbons (Fsp3) is 0.222. The molecule has 7 heteroatoms. The minimum atomic E-state index is -0.401. The van der Waals surface area contributed by atoms with E-state index in [1.54, 1.807) is 30.3 Å². The monoisotopic (exact) mass is 398 g/mol. The van der Waals surface area contributed by atoms with Gasteiger partial charge in [0.05, 0.1) is 0 Å². The number of nitrogens with one attached hydrogen (secondary N) is 2. The van der Waals surface area contributed by atoms with E-state index in [1.165, 1.54) is 0 Å². The third-order valence-electron chi connectivity index (χ3n) is 3.51. The minimum Gasteiger partial charge on any atom is -0.355 e. The highest BCUT2D eigenvalue weighted by Gasteiger charge is 2.10. The molecular weight excluding hydrogens is 383 g/mol. The summed E-state index contributed by atoms with van der Waals surface area (Å²) in [6, 6.07) is 10.4. The van der Waals surface area contributed by atoms with Crippen molar-refractivity contribution in [3.63, 3.8) is 0 Å². The summed E-state index contributed by atoms with van der Waals surface area (Å²) in [7, 11) is 0. The smallest absolute Gasteiger partial charge is 0.233 e. The van der Waals surface area contributed by atoms with Crippen LogP contribution in [0.25, 0.3) is 0 Å². The van der Waals surface area contributed by atoms with Crippen molar-refractivity contribution >= 4 is 52.3 Å². The minimum absolute atomic E-state index is 0.264. The lowest BCUT2D eigenvalue weighted by molar-refractivity contribution is -0.126. The van der Waals surface area contributed by atoms with Crippen LogP contribution < -0.4 is 10.6 Å². The summed E-state index contributed by atoms with van der Waals surface area (Å²) in [5.74, 6) is -0.761. The first-order valence-electron chi connectivity index (χ1n) is 7.62. The third kappa shape index (κ3) is 6.24. The van der Waals surface area contributed by atoms with Crippen LogP contribution in [0.5, 0.6) is 0 Å². The summed E-state index contributed by atoms with van der Waals surface area (Å²) in [6.45, 7) is 2.25. The van der Waals surface area contributed by atoms with Gasteiger partial charge in [0.25, 0.3) is 0 Å². The molecule has 0 radical (unpaired) electrons. The fourth-order valence-corrected chi connectivity index (χ4v) is 2.83. The molecule has 0 aromatic heterocycles. The summed E-state index contributed by atoms with van der Waals surface area (Å²) in [5, 5.41) is 7.01. The molecule has 132 valence electrons. The average molecular weight is 400 g/mol. The first-order valence-corrected chi connectivity index (χ1v) is 8.75. The lowest BCUT2D eigenvalue weighted by atomic mass is 10.1. The Labute approximate surface area is 161 Å². The van der Waals surface area contributed by atoms with Gasteiger partial charge in [-0.25, -0.2) is 0 Å². The molecule has 2 amide bonds. The molecule has 0 aliphatic carbocycles. The second-order valence-corrected chi connectivity index (χ2v) is 6.78. The first-order chi connectivity index (χ1) is 11.8. The Kier molecular flexibility index (Phi) is 7.12. The Morgan fingerprint density at radius 3 is 2.40 bits per heavy atom. The van der Waals surface area contributed by atoms with Gasteiger partial charge in [0.15, 0.2) is 0 Å². The molecule has 0 atom stereocenters. The van der Waals surface area contributed by atoms with Gasteiger partial charge in [-0.05, 0) is 48.7 Å². The highest BCUT2D eigenvalue weighted by Crippen LogP contribution is 2.21. The molecule has 2 aromatic carbocycles. The van der Waals surface area contributed by atoms with Gasteiger partial charge in [-0.2, -0.15) is 0 Å². The molecule has 4 nitrogen and oxygen atoms in total. The number of halogens is 3. The highest BCUT2D eigenvalue weighted by atomic mass is 35.5. The predicted molar refractivity (Wildman–Crippen MR) is 103 cm³/mol. The van der Waals surface area contributed by atoms with Crippen molar-refractivity contribution in [1.29, 1.82) is 0 Å². The van der Waals surface area contributed by atoms with Crippen molar-refractivity contribution in [1.82, 2.24) is 5.32 Å². The molecular formula is C18H17Cl3N2O2. The van der Waals surface area contributed by atoms with E-state index in [0.717, 1.165) is 11.1 Å². The van der Waals surface area contributed by atoms with Gasteiger partial charge < -0.3 is 10.6 Å². The van der Waals surface area contributed by atoms with Crippen LogP contribution in [0.3, 0.4) is 0 Å². The molecule has 0 saturated carbocycles. The standard InChI is InChI=1S/C18H17Cl3N2O2/c1-11-2-5-14(9-15(11)20)23-18(25)10-17(24)22-7-6-12-3-4-13(19)8-16(12)21/h2-5,8-9H,6-7,10H2,1H3,(H,22,24)(H,23,25). The SMILES string of the molecule is Cc1ccc(NC(=O)CC(=O)NCCc2ccc(Cl)cc2Cl)cc1Cl. The van der Waals surface area contributed by atoms with E-state index in [9.17, 15) is 9.59 Å². The van der Waals surface area contributed by atoms with Crippen LogP contribution in [-0.2, 0) is 16.0 Å². The van der Waals surface area contributed by atoms with E-state index < -0.39 is 5.91 Å². The summed E-state index contributed by atoms with van der Waals surface area (Å²) in [4.78, 5) is 23.7. The lowest BCUT2D eigenvalue weighted by Gasteiger charge is -2.08. The second kappa shape index (κ2) is 9.09. The van der Waals surface area contributed by atoms with Crippen LogP contribution in [0.1, 0.15) is 17.5 Å². The number of rotatable bonds is 6. The molecule has 0 heterocycles. The van der Waals surface area contributed by atoms with Gasteiger partial charge >= 0.3 is 0 Å². The van der Waals surface area contributed by atoms with Crippen molar-refractivity contribution in [2.45, 2.75) is 19.8 Å². The molecule has 0 aliphatic heterocycles. The number of carbonyl (C=O) groups is 2. The fourth-order valence-electron chi connectivity index (χ4n) is 2.15. The highest BCUT2D eigenvalue weighted by molar-refractivity contribution is 6.35. The average Bonchev–Trinajstić information content (AvgIpc) is 2.53. The molecule has 0 bridgehead atoms. The quantitative estimate of drug-likeness (QED) is 0.695. The maximum Gasteiger partial charge on any atom is 0.233 e. The Bertz CT molecular complexity index is 794. The van der Waals surface area contributed by atoms with E-state index in [-0.39, 0.29) is 12.3 Å². The molecule has 2 N–H and O–H groups in total. The number of benzene rings is 2. The topological polar surface area (TPSA) is 58.2 Å². The number of aryl methyl sites for hydroxylation is 1. The largest absolute Gasteiger partial charge is 0.355 e. The molecule has 0 unspecified atom stereocenters. The second-order valence-electron chi connectivity index (χ2n) is 5.52. The number of amides is 2. The molecule has 2 rings (SSSR count). The van der Waals surface area contributed by atoms with Gasteiger partial charge in [0.1, 0.15) is 6.42 Å². The van der Waals surface area contributed by atoms with Crippen molar-refractivity contribution in [3.8, 4) is 0 Å². The van der Waals surface area contributed by atoms with Crippen LogP contribution in [0.15, 0.2) is 36.4 Å². The van der Waals surface area contributed by atoms with Gasteiger partial charge in [-0.15, -0.1) is 0 Å². The lowest BCUT2D eigenvalue weighted by Crippen LogP contribution is -2.29. The van der Waals surface area contributed by atoms with Gasteiger partial charge in [-0.3, -0.25) is 9.59 Å². The maximum atomic E-state index is 11.9. The van der Waals surface area contributed by atoms with Crippen LogP contribution >= 0.6 is 34.8 Å². The molecule has 0 saturated heterocycles. The maximum absolute atomic E-state index is 11.9. The van der Waals surface area contributed by atoms with E-state index in [0.29, 0.717) is 33.7 Å². The Balaban J connectivity index is 1.77. The summed E-state index contributed by atoms with van der Waals surface area (Å²) in [5.41, 5.74) is 2.35. The first kappa shape index (κ1) is 19.6. The summed E-state index contributed by atoms with van der Waals surface area (Å²) >= 11 is 17.9. The third-order valence-corrected chi connectivity index (χ3v) is 4.50. The Morgan fingerprint density at radius 1 is 0.960 bits per heavy atom. The molecule has 2 aromatic rings. The van der Waals surface area contributed by atoms with Crippen molar-refractivity contribution < 1.29 is 9.59 Å². The predicted octanol–water partition coefficient (Wildman–Crippen LogP) is 4.64. The molecule has 0 spiro atoms. The number of anilines is 1. The van der Waals surface area contributed by atoms with Gasteiger partial charge in [0.2, 0.25) is 11.8 Å².